The molecule has 140 valence electrons. The first-order valence-electron chi connectivity index (χ1n) is 8.36. The number of H-pyrrole nitrogens is 1. The summed E-state index contributed by atoms with van der Waals surface area (Å²) >= 11 is 5.91. The second-order valence-corrected chi connectivity index (χ2v) is 8.17. The molecule has 1 aromatic heterocycles. The van der Waals surface area contributed by atoms with E-state index in [1.165, 1.54) is 6.21 Å². The third kappa shape index (κ3) is 3.76. The molecule has 0 radical (unpaired) electrons. The van der Waals surface area contributed by atoms with Crippen LogP contribution in [-0.2, 0) is 10.0 Å². The van der Waals surface area contributed by atoms with E-state index in [2.05, 4.69) is 20.1 Å². The van der Waals surface area contributed by atoms with Crippen molar-refractivity contribution in [2.45, 2.75) is 4.90 Å². The maximum absolute atomic E-state index is 12.5. The summed E-state index contributed by atoms with van der Waals surface area (Å²) in [5.74, 6) is 0. The number of fused-ring (bicyclic) bond motifs is 1. The predicted molar refractivity (Wildman–Crippen MR) is 111 cm³/mol. The summed E-state index contributed by atoms with van der Waals surface area (Å²) in [6.07, 6.45) is 2.98. The highest BCUT2D eigenvalue weighted by molar-refractivity contribution is 7.89. The van der Waals surface area contributed by atoms with Crippen LogP contribution in [0, 0.1) is 0 Å². The van der Waals surface area contributed by atoms with E-state index < -0.39 is 10.0 Å². The summed E-state index contributed by atoms with van der Waals surface area (Å²) in [6.45, 7) is 0. The van der Waals surface area contributed by atoms with E-state index in [-0.39, 0.29) is 4.90 Å². The number of hydrazone groups is 1. The Morgan fingerprint density at radius 2 is 1.75 bits per heavy atom. The summed E-state index contributed by atoms with van der Waals surface area (Å²) < 4.78 is 25.1. The molecule has 4 rings (SSSR count). The molecule has 8 heteroatoms. The molecule has 28 heavy (non-hydrogen) atoms. The highest BCUT2D eigenvalue weighted by atomic mass is 35.5. The van der Waals surface area contributed by atoms with Crippen LogP contribution in [0.25, 0.3) is 22.0 Å². The average molecular weight is 411 g/mol. The normalized spacial score (nSPS) is 11.9. The zero-order valence-corrected chi connectivity index (χ0v) is 16.1. The van der Waals surface area contributed by atoms with Gasteiger partial charge in [0.05, 0.1) is 23.0 Å². The first-order valence-corrected chi connectivity index (χ1v) is 10.2. The number of aromatic amines is 1. The maximum Gasteiger partial charge on any atom is 0.276 e. The smallest absolute Gasteiger partial charge is 0.276 e. The number of sulfonamides is 1. The monoisotopic (exact) mass is 410 g/mol. The molecule has 0 unspecified atom stereocenters. The highest BCUT2D eigenvalue weighted by Crippen LogP contribution is 2.22. The first-order chi connectivity index (χ1) is 13.5. The molecule has 1 heterocycles. The largest absolute Gasteiger partial charge is 0.277 e. The minimum atomic E-state index is -3.78. The predicted octanol–water partition coefficient (Wildman–Crippen LogP) is 4.20. The highest BCUT2D eigenvalue weighted by Gasteiger charge is 2.13. The van der Waals surface area contributed by atoms with Crippen molar-refractivity contribution in [3.63, 3.8) is 0 Å². The van der Waals surface area contributed by atoms with E-state index in [1.54, 1.807) is 36.5 Å². The van der Waals surface area contributed by atoms with Gasteiger partial charge in [-0.25, -0.2) is 4.83 Å². The zero-order valence-electron chi connectivity index (χ0n) is 14.5. The molecule has 0 saturated carbocycles. The first kappa shape index (κ1) is 18.2. The molecule has 3 aromatic carbocycles. The number of rotatable bonds is 5. The van der Waals surface area contributed by atoms with Crippen LogP contribution < -0.4 is 4.83 Å². The Balaban J connectivity index is 1.56. The van der Waals surface area contributed by atoms with Gasteiger partial charge < -0.3 is 0 Å². The topological polar surface area (TPSA) is 87.2 Å². The van der Waals surface area contributed by atoms with E-state index in [0.29, 0.717) is 16.3 Å². The molecule has 0 amide bonds. The van der Waals surface area contributed by atoms with Crippen LogP contribution in [0.5, 0.6) is 0 Å². The number of benzene rings is 3. The molecule has 0 bridgehead atoms. The molecule has 0 saturated heterocycles. The fourth-order valence-corrected chi connectivity index (χ4v) is 3.75. The lowest BCUT2D eigenvalue weighted by atomic mass is 10.1. The molecule has 4 aromatic rings. The average Bonchev–Trinajstić information content (AvgIpc) is 3.16. The SMILES string of the molecule is O=S(=O)(N/N=C\c1cn[nH]c1-c1ccc(Cl)cc1)c1ccc2ccccc2c1. The summed E-state index contributed by atoms with van der Waals surface area (Å²) in [7, 11) is -3.78. The van der Waals surface area contributed by atoms with Crippen molar-refractivity contribution in [3.8, 4) is 11.3 Å². The van der Waals surface area contributed by atoms with Gasteiger partial charge in [-0.1, -0.05) is 54.1 Å². The number of aromatic nitrogens is 2. The van der Waals surface area contributed by atoms with Gasteiger partial charge in [0.15, 0.2) is 0 Å². The van der Waals surface area contributed by atoms with E-state index in [0.717, 1.165) is 16.3 Å². The van der Waals surface area contributed by atoms with Crippen molar-refractivity contribution in [3.05, 3.63) is 83.5 Å². The molecule has 6 nitrogen and oxygen atoms in total. The van der Waals surface area contributed by atoms with Gasteiger partial charge >= 0.3 is 0 Å². The fraction of sp³-hybridized carbons (Fsp3) is 0. The van der Waals surface area contributed by atoms with E-state index in [1.807, 2.05) is 36.4 Å². The Kier molecular flexibility index (Phi) is 4.85. The van der Waals surface area contributed by atoms with Crippen LogP contribution in [0.15, 0.2) is 82.9 Å². The van der Waals surface area contributed by atoms with Crippen molar-refractivity contribution >= 4 is 38.6 Å². The zero-order chi connectivity index (χ0) is 19.6. The van der Waals surface area contributed by atoms with Gasteiger partial charge in [0.25, 0.3) is 10.0 Å². The second kappa shape index (κ2) is 7.46. The van der Waals surface area contributed by atoms with Crippen LogP contribution in [0.4, 0.5) is 0 Å². The summed E-state index contributed by atoms with van der Waals surface area (Å²) in [5, 5.41) is 13.2. The van der Waals surface area contributed by atoms with Crippen LogP contribution in [0.3, 0.4) is 0 Å². The molecule has 0 aliphatic rings. The Bertz CT molecular complexity index is 1260. The molecule has 0 spiro atoms. The standard InChI is InChI=1S/C20H15ClN4O2S/c21-18-8-5-15(6-9-18)20-17(12-22-24-20)13-23-25-28(26,27)19-10-7-14-3-1-2-4-16(14)11-19/h1-13,25H,(H,22,24)/b23-13-. The molecule has 0 atom stereocenters. The minimum Gasteiger partial charge on any atom is -0.277 e. The van der Waals surface area contributed by atoms with Crippen molar-refractivity contribution in [1.82, 2.24) is 15.0 Å². The molecule has 0 aliphatic heterocycles. The third-order valence-electron chi connectivity index (χ3n) is 4.21. The summed E-state index contributed by atoms with van der Waals surface area (Å²) in [4.78, 5) is 2.39. The third-order valence-corrected chi connectivity index (χ3v) is 5.68. The second-order valence-electron chi connectivity index (χ2n) is 6.07. The number of halogens is 1. The van der Waals surface area contributed by atoms with Crippen LogP contribution in [0.1, 0.15) is 5.56 Å². The lowest BCUT2D eigenvalue weighted by molar-refractivity contribution is 0.585. The quantitative estimate of drug-likeness (QED) is 0.382. The number of nitrogens with zero attached hydrogens (tertiary/aromatic N) is 2. The molecular formula is C20H15ClN4O2S. The molecule has 2 N–H and O–H groups in total. The lowest BCUT2D eigenvalue weighted by Crippen LogP contribution is -2.18. The Labute approximate surface area is 166 Å². The number of hydrogen-bond donors (Lipinski definition) is 2. The van der Waals surface area contributed by atoms with Crippen molar-refractivity contribution in [2.75, 3.05) is 0 Å². The van der Waals surface area contributed by atoms with Gasteiger partial charge in [0, 0.05) is 16.1 Å². The van der Waals surface area contributed by atoms with Crippen LogP contribution >= 0.6 is 11.6 Å². The maximum atomic E-state index is 12.5. The van der Waals surface area contributed by atoms with Crippen LogP contribution in [0.2, 0.25) is 5.02 Å². The van der Waals surface area contributed by atoms with Gasteiger partial charge in [-0.3, -0.25) is 5.10 Å². The Morgan fingerprint density at radius 3 is 2.54 bits per heavy atom. The summed E-state index contributed by atoms with van der Waals surface area (Å²) in [6, 6.07) is 19.7. The Hall–Kier alpha value is -3.16. The summed E-state index contributed by atoms with van der Waals surface area (Å²) in [5.41, 5.74) is 2.22. The van der Waals surface area contributed by atoms with Gasteiger partial charge in [-0.05, 0) is 35.0 Å². The lowest BCUT2D eigenvalue weighted by Gasteiger charge is -2.05. The van der Waals surface area contributed by atoms with Crippen molar-refractivity contribution in [2.24, 2.45) is 5.10 Å². The molecular weight excluding hydrogens is 396 g/mol. The fourth-order valence-electron chi connectivity index (χ4n) is 2.79. The van der Waals surface area contributed by atoms with Crippen molar-refractivity contribution < 1.29 is 8.42 Å². The van der Waals surface area contributed by atoms with Gasteiger partial charge in [0.1, 0.15) is 0 Å². The molecule has 0 aliphatic carbocycles. The van der Waals surface area contributed by atoms with Crippen LogP contribution in [-0.4, -0.2) is 24.8 Å². The van der Waals surface area contributed by atoms with E-state index >= 15 is 0 Å². The van der Waals surface area contributed by atoms with Gasteiger partial charge in [-0.2, -0.15) is 18.6 Å². The number of hydrogen-bond acceptors (Lipinski definition) is 4. The molecule has 0 fully saturated rings. The van der Waals surface area contributed by atoms with Crippen molar-refractivity contribution in [1.29, 1.82) is 0 Å². The van der Waals surface area contributed by atoms with Gasteiger partial charge in [0.2, 0.25) is 0 Å². The number of nitrogens with one attached hydrogen (secondary N) is 2. The van der Waals surface area contributed by atoms with Gasteiger partial charge in [-0.15, -0.1) is 0 Å². The van der Waals surface area contributed by atoms with E-state index in [4.69, 9.17) is 11.6 Å². The van der Waals surface area contributed by atoms with E-state index in [9.17, 15) is 8.42 Å². The Morgan fingerprint density at radius 1 is 1.00 bits per heavy atom. The minimum absolute atomic E-state index is 0.147.